The molecular weight excluding hydrogens is 347 g/mol. The lowest BCUT2D eigenvalue weighted by Gasteiger charge is -2.17. The summed E-state index contributed by atoms with van der Waals surface area (Å²) in [5, 5.41) is 0. The standard InChI is InChI=1S/C15H12F3NO4S/c1-23-15(20)14(9-5-3-2-4-6-9)19-24(21,22)11-8-7-10(16)12(17)13(11)18/h2-8,14,19H,1H3/t14-/m1/s1. The monoisotopic (exact) mass is 359 g/mol. The molecule has 0 saturated carbocycles. The van der Waals surface area contributed by atoms with E-state index >= 15 is 0 Å². The van der Waals surface area contributed by atoms with Gasteiger partial charge in [0.25, 0.3) is 0 Å². The highest BCUT2D eigenvalue weighted by Gasteiger charge is 2.31. The minimum Gasteiger partial charge on any atom is -0.468 e. The topological polar surface area (TPSA) is 72.5 Å². The number of ether oxygens (including phenoxy) is 1. The van der Waals surface area contributed by atoms with Crippen molar-refractivity contribution in [2.45, 2.75) is 10.9 Å². The molecular formula is C15H12F3NO4S. The van der Waals surface area contributed by atoms with Crippen LogP contribution in [0.5, 0.6) is 0 Å². The molecule has 0 radical (unpaired) electrons. The Morgan fingerprint density at radius 3 is 2.25 bits per heavy atom. The van der Waals surface area contributed by atoms with Crippen LogP contribution in [-0.2, 0) is 19.6 Å². The van der Waals surface area contributed by atoms with E-state index in [-0.39, 0.29) is 5.56 Å². The zero-order valence-electron chi connectivity index (χ0n) is 12.3. The Morgan fingerprint density at radius 1 is 1.04 bits per heavy atom. The van der Waals surface area contributed by atoms with Crippen molar-refractivity contribution in [1.29, 1.82) is 0 Å². The van der Waals surface area contributed by atoms with Gasteiger partial charge in [0.1, 0.15) is 10.9 Å². The largest absolute Gasteiger partial charge is 0.468 e. The zero-order valence-corrected chi connectivity index (χ0v) is 13.1. The molecule has 0 fully saturated rings. The average Bonchev–Trinajstić information content (AvgIpc) is 2.57. The molecule has 128 valence electrons. The van der Waals surface area contributed by atoms with E-state index in [2.05, 4.69) is 4.74 Å². The van der Waals surface area contributed by atoms with Crippen LogP contribution in [0.1, 0.15) is 11.6 Å². The molecule has 2 aromatic carbocycles. The second kappa shape index (κ2) is 7.02. The van der Waals surface area contributed by atoms with Gasteiger partial charge in [0, 0.05) is 0 Å². The van der Waals surface area contributed by atoms with Crippen LogP contribution in [0.3, 0.4) is 0 Å². The van der Waals surface area contributed by atoms with Gasteiger partial charge < -0.3 is 4.74 Å². The molecule has 0 saturated heterocycles. The molecule has 0 aliphatic heterocycles. The highest BCUT2D eigenvalue weighted by Crippen LogP contribution is 2.23. The smallest absolute Gasteiger partial charge is 0.328 e. The molecule has 0 aliphatic rings. The first-order valence-corrected chi connectivity index (χ1v) is 8.05. The van der Waals surface area contributed by atoms with Crippen molar-refractivity contribution in [3.8, 4) is 0 Å². The van der Waals surface area contributed by atoms with E-state index in [9.17, 15) is 26.4 Å². The SMILES string of the molecule is COC(=O)[C@H](NS(=O)(=O)c1ccc(F)c(F)c1F)c1ccccc1. The highest BCUT2D eigenvalue weighted by atomic mass is 32.2. The number of hydrogen-bond acceptors (Lipinski definition) is 4. The minimum absolute atomic E-state index is 0.232. The fourth-order valence-electron chi connectivity index (χ4n) is 1.95. The van der Waals surface area contributed by atoms with Gasteiger partial charge in [-0.25, -0.2) is 26.4 Å². The molecule has 9 heteroatoms. The predicted octanol–water partition coefficient (Wildman–Crippen LogP) is 2.30. The molecule has 0 unspecified atom stereocenters. The summed E-state index contributed by atoms with van der Waals surface area (Å²) in [6.45, 7) is 0. The van der Waals surface area contributed by atoms with E-state index in [1.165, 1.54) is 12.1 Å². The summed E-state index contributed by atoms with van der Waals surface area (Å²) in [5.41, 5.74) is 0.232. The van der Waals surface area contributed by atoms with Crippen molar-refractivity contribution in [3.05, 3.63) is 65.5 Å². The number of carbonyl (C=O) groups is 1. The van der Waals surface area contributed by atoms with Crippen LogP contribution in [-0.4, -0.2) is 21.5 Å². The molecule has 0 spiro atoms. The summed E-state index contributed by atoms with van der Waals surface area (Å²) in [7, 11) is -3.62. The van der Waals surface area contributed by atoms with E-state index in [4.69, 9.17) is 0 Å². The van der Waals surface area contributed by atoms with E-state index in [0.717, 1.165) is 7.11 Å². The first kappa shape index (κ1) is 18.0. The Kier molecular flexibility index (Phi) is 5.25. The molecule has 2 rings (SSSR count). The second-order valence-electron chi connectivity index (χ2n) is 4.66. The van der Waals surface area contributed by atoms with Gasteiger partial charge >= 0.3 is 5.97 Å². The number of hydrogen-bond donors (Lipinski definition) is 1. The number of halogens is 3. The van der Waals surface area contributed by atoms with Crippen LogP contribution in [0.2, 0.25) is 0 Å². The van der Waals surface area contributed by atoms with Crippen molar-refractivity contribution in [2.24, 2.45) is 0 Å². The Morgan fingerprint density at radius 2 is 1.67 bits per heavy atom. The number of nitrogens with one attached hydrogen (secondary N) is 1. The van der Waals surface area contributed by atoms with E-state index < -0.39 is 44.4 Å². The van der Waals surface area contributed by atoms with Crippen molar-refractivity contribution in [2.75, 3.05) is 7.11 Å². The van der Waals surface area contributed by atoms with Crippen molar-refractivity contribution in [3.63, 3.8) is 0 Å². The average molecular weight is 359 g/mol. The maximum Gasteiger partial charge on any atom is 0.328 e. The maximum absolute atomic E-state index is 13.7. The van der Waals surface area contributed by atoms with Crippen molar-refractivity contribution < 1.29 is 31.1 Å². The Bertz CT molecular complexity index is 857. The quantitative estimate of drug-likeness (QED) is 0.657. The number of carbonyl (C=O) groups excluding carboxylic acids is 1. The van der Waals surface area contributed by atoms with Crippen LogP contribution in [0.4, 0.5) is 13.2 Å². The third kappa shape index (κ3) is 3.57. The van der Waals surface area contributed by atoms with Crippen LogP contribution < -0.4 is 4.72 Å². The van der Waals surface area contributed by atoms with Gasteiger partial charge in [0.05, 0.1) is 7.11 Å². The third-order valence-corrected chi connectivity index (χ3v) is 4.57. The number of sulfonamides is 1. The van der Waals surface area contributed by atoms with Gasteiger partial charge in [0.2, 0.25) is 10.0 Å². The van der Waals surface area contributed by atoms with Crippen molar-refractivity contribution >= 4 is 16.0 Å². The zero-order chi connectivity index (χ0) is 17.9. The van der Waals surface area contributed by atoms with Gasteiger partial charge in [-0.3, -0.25) is 0 Å². The molecule has 2 aromatic rings. The predicted molar refractivity (Wildman–Crippen MR) is 77.8 cm³/mol. The van der Waals surface area contributed by atoms with Crippen LogP contribution in [0.25, 0.3) is 0 Å². The molecule has 0 amide bonds. The number of methoxy groups -OCH3 is 1. The van der Waals surface area contributed by atoms with E-state index in [1.54, 1.807) is 18.2 Å². The molecule has 0 bridgehead atoms. The summed E-state index contributed by atoms with van der Waals surface area (Å²) < 4.78 is 71.0. The molecule has 1 atom stereocenters. The van der Waals surface area contributed by atoms with Gasteiger partial charge in [0.15, 0.2) is 17.5 Å². The Labute approximate surface area is 136 Å². The summed E-state index contributed by atoms with van der Waals surface area (Å²) in [6.07, 6.45) is 0. The fourth-order valence-corrected chi connectivity index (χ4v) is 3.19. The summed E-state index contributed by atoms with van der Waals surface area (Å²) in [4.78, 5) is 10.7. The molecule has 0 aromatic heterocycles. The fraction of sp³-hybridized carbons (Fsp3) is 0.133. The lowest BCUT2D eigenvalue weighted by molar-refractivity contribution is -0.142. The molecule has 24 heavy (non-hydrogen) atoms. The molecule has 0 heterocycles. The third-order valence-electron chi connectivity index (χ3n) is 3.13. The first-order chi connectivity index (χ1) is 11.3. The summed E-state index contributed by atoms with van der Waals surface area (Å²) in [6, 6.07) is 7.21. The van der Waals surface area contributed by atoms with E-state index in [1.807, 2.05) is 4.72 Å². The van der Waals surface area contributed by atoms with Crippen molar-refractivity contribution in [1.82, 2.24) is 4.72 Å². The number of benzene rings is 2. The lowest BCUT2D eigenvalue weighted by atomic mass is 10.1. The summed E-state index contributed by atoms with van der Waals surface area (Å²) >= 11 is 0. The molecule has 1 N–H and O–H groups in total. The van der Waals surface area contributed by atoms with Gasteiger partial charge in [-0.05, 0) is 17.7 Å². The number of esters is 1. The number of rotatable bonds is 5. The summed E-state index contributed by atoms with van der Waals surface area (Å²) in [5.74, 6) is -6.28. The van der Waals surface area contributed by atoms with Gasteiger partial charge in [-0.1, -0.05) is 30.3 Å². The van der Waals surface area contributed by atoms with Crippen LogP contribution in [0.15, 0.2) is 47.4 Å². The highest BCUT2D eigenvalue weighted by molar-refractivity contribution is 7.89. The minimum atomic E-state index is -4.67. The Balaban J connectivity index is 2.45. The Hall–Kier alpha value is -2.39. The van der Waals surface area contributed by atoms with Gasteiger partial charge in [-0.2, -0.15) is 4.72 Å². The maximum atomic E-state index is 13.7. The van der Waals surface area contributed by atoms with Gasteiger partial charge in [-0.15, -0.1) is 0 Å². The van der Waals surface area contributed by atoms with E-state index in [0.29, 0.717) is 12.1 Å². The second-order valence-corrected chi connectivity index (χ2v) is 6.34. The molecule has 5 nitrogen and oxygen atoms in total. The molecule has 0 aliphatic carbocycles. The van der Waals surface area contributed by atoms with Crippen LogP contribution >= 0.6 is 0 Å². The first-order valence-electron chi connectivity index (χ1n) is 6.56. The normalized spacial score (nSPS) is 12.7. The lowest BCUT2D eigenvalue weighted by Crippen LogP contribution is -2.35. The van der Waals surface area contributed by atoms with Crippen LogP contribution in [0, 0.1) is 17.5 Å².